The molecule has 0 bridgehead atoms. The molecule has 6 aromatic carbocycles. The lowest BCUT2D eigenvalue weighted by atomic mass is 10.3. The van der Waals surface area contributed by atoms with Gasteiger partial charge >= 0.3 is 0 Å². The van der Waals surface area contributed by atoms with Crippen LogP contribution in [0.5, 0.6) is 51.7 Å². The summed E-state index contributed by atoms with van der Waals surface area (Å²) in [5.74, 6) is 3.51. The number of rotatable bonds is 21. The molecule has 9 rings (SSSR count). The Morgan fingerprint density at radius 2 is 0.609 bits per heavy atom. The van der Waals surface area contributed by atoms with Gasteiger partial charge < -0.3 is 57.3 Å². The molecule has 0 spiro atoms. The van der Waals surface area contributed by atoms with Gasteiger partial charge in [0.15, 0.2) is 34.5 Å². The van der Waals surface area contributed by atoms with Gasteiger partial charge in [-0.2, -0.15) is 0 Å². The Bertz CT molecular complexity index is 3390. The Morgan fingerprint density at radius 1 is 0.379 bits per heavy atom. The van der Waals surface area contributed by atoms with Crippen molar-refractivity contribution in [1.82, 2.24) is 14.7 Å². The van der Waals surface area contributed by atoms with Gasteiger partial charge in [0.05, 0.1) is 74.8 Å². The number of hydrogen-bond donors (Lipinski definition) is 3. The highest BCUT2D eigenvalue weighted by atomic mass is 79.9. The molecule has 3 aliphatic heterocycles. The van der Waals surface area contributed by atoms with Crippen LogP contribution in [0.1, 0.15) is 19.3 Å². The lowest BCUT2D eigenvalue weighted by Gasteiger charge is -2.17. The molecular weight excluding hydrogens is 1450 g/mol. The molecule has 3 fully saturated rings. The summed E-state index contributed by atoms with van der Waals surface area (Å²) in [5.41, 5.74) is 1.03. The molecule has 3 aliphatic rings. The van der Waals surface area contributed by atoms with Gasteiger partial charge in [0.1, 0.15) is 50.2 Å². The minimum Gasteiger partial charge on any atom is -0.493 e. The van der Waals surface area contributed by atoms with Crippen molar-refractivity contribution in [2.75, 3.05) is 117 Å². The maximum Gasteiger partial charge on any atom is 0.263 e. The lowest BCUT2D eigenvalue weighted by Crippen LogP contribution is -2.21. The highest BCUT2D eigenvalue weighted by Gasteiger charge is 2.29. The zero-order chi connectivity index (χ0) is 63.5. The Balaban J connectivity index is 0.000000186. The molecule has 3 saturated heterocycles. The molecule has 3 atom stereocenters. The molecule has 0 saturated carbocycles. The molecule has 0 unspecified atom stereocenters. The summed E-state index contributed by atoms with van der Waals surface area (Å²) in [4.78, 5) is 6.55. The van der Waals surface area contributed by atoms with E-state index in [9.17, 15) is 25.3 Å². The first-order valence-electron chi connectivity index (χ1n) is 26.5. The number of hydrogen-bond acceptors (Lipinski definition) is 18. The molecular formula is C57H66Br3Cl3N6O15S3. The van der Waals surface area contributed by atoms with Crippen molar-refractivity contribution in [3.05, 3.63) is 119 Å². The van der Waals surface area contributed by atoms with Crippen molar-refractivity contribution in [1.29, 1.82) is 0 Å². The molecule has 0 aromatic heterocycles. The van der Waals surface area contributed by atoms with Crippen LogP contribution < -0.4 is 56.8 Å². The molecule has 0 aliphatic carbocycles. The van der Waals surface area contributed by atoms with Crippen molar-refractivity contribution >= 4 is 130 Å². The van der Waals surface area contributed by atoms with Crippen LogP contribution in [0.25, 0.3) is 0 Å². The Labute approximate surface area is 548 Å². The third-order valence-corrected chi connectivity index (χ3v) is 21.6. The molecule has 474 valence electrons. The van der Waals surface area contributed by atoms with E-state index in [-0.39, 0.29) is 33.0 Å². The number of ether oxygens (including phenoxy) is 9. The number of nitrogens with one attached hydrogen (secondary N) is 3. The minimum absolute atomic E-state index is 0.0179. The van der Waals surface area contributed by atoms with Gasteiger partial charge in [0.2, 0.25) is 0 Å². The number of anilines is 3. The summed E-state index contributed by atoms with van der Waals surface area (Å²) in [7, 11) is 3.12. The predicted octanol–water partition coefficient (Wildman–Crippen LogP) is 12.0. The van der Waals surface area contributed by atoms with Gasteiger partial charge in [-0.3, -0.25) is 14.2 Å². The van der Waals surface area contributed by atoms with Gasteiger partial charge in [-0.1, -0.05) is 34.8 Å². The number of benzene rings is 6. The van der Waals surface area contributed by atoms with Crippen molar-refractivity contribution in [3.8, 4) is 51.7 Å². The average molecular weight is 1520 g/mol. The number of likely N-dealkylation sites (tertiary alicyclic amines) is 3. The first kappa shape index (κ1) is 69.4. The first-order chi connectivity index (χ1) is 41.2. The van der Waals surface area contributed by atoms with E-state index in [2.05, 4.69) is 76.7 Å². The maximum absolute atomic E-state index is 13.0. The summed E-state index contributed by atoms with van der Waals surface area (Å²) in [6, 6.07) is 23.2. The van der Waals surface area contributed by atoms with E-state index >= 15 is 0 Å². The fraction of sp³-hybridized carbons (Fsp3) is 0.368. The fourth-order valence-corrected chi connectivity index (χ4v) is 16.0. The Hall–Kier alpha value is -5.04. The monoisotopic (exact) mass is 1510 g/mol. The zero-order valence-electron chi connectivity index (χ0n) is 48.7. The van der Waals surface area contributed by atoms with Crippen LogP contribution in [0.3, 0.4) is 0 Å². The number of methoxy groups -OCH3 is 6. The lowest BCUT2D eigenvalue weighted by molar-refractivity contribution is 0.208. The van der Waals surface area contributed by atoms with E-state index in [0.29, 0.717) is 97.3 Å². The van der Waals surface area contributed by atoms with Crippen molar-refractivity contribution in [2.45, 2.75) is 52.3 Å². The van der Waals surface area contributed by atoms with Gasteiger partial charge in [-0.15, -0.1) is 0 Å². The normalized spacial score (nSPS) is 17.2. The number of halogens is 6. The molecule has 3 N–H and O–H groups in total. The van der Waals surface area contributed by atoms with Gasteiger partial charge in [-0.05, 0) is 143 Å². The number of nitrogens with zero attached hydrogens (tertiary/aromatic N) is 3. The van der Waals surface area contributed by atoms with Gasteiger partial charge in [-0.25, -0.2) is 25.3 Å². The summed E-state index contributed by atoms with van der Waals surface area (Å²) in [6.45, 7) is 5.23. The van der Waals surface area contributed by atoms with Crippen LogP contribution in [0.15, 0.2) is 119 Å². The molecule has 0 radical (unpaired) electrons. The van der Waals surface area contributed by atoms with Crippen LogP contribution in [-0.4, -0.2) is 161 Å². The highest BCUT2D eigenvalue weighted by Crippen LogP contribution is 2.41. The van der Waals surface area contributed by atoms with Crippen LogP contribution in [0.2, 0.25) is 15.1 Å². The van der Waals surface area contributed by atoms with Crippen molar-refractivity contribution < 1.29 is 67.9 Å². The Morgan fingerprint density at radius 3 is 0.816 bits per heavy atom. The second-order valence-electron chi connectivity index (χ2n) is 20.0. The third-order valence-electron chi connectivity index (χ3n) is 13.7. The molecule has 0 amide bonds. The summed E-state index contributed by atoms with van der Waals surface area (Å²) in [5, 5.41) is 1.28. The van der Waals surface area contributed by atoms with Crippen LogP contribution >= 0.6 is 82.6 Å². The number of likely N-dealkylation sites (N-methyl/N-ethyl adjacent to an activating group) is 3. The van der Waals surface area contributed by atoms with Crippen LogP contribution in [0, 0.1) is 0 Å². The van der Waals surface area contributed by atoms with E-state index in [1.165, 1.54) is 60.9 Å². The summed E-state index contributed by atoms with van der Waals surface area (Å²) >= 11 is 28.6. The molecule has 30 heteroatoms. The van der Waals surface area contributed by atoms with Crippen LogP contribution in [0.4, 0.5) is 17.1 Å². The topological polar surface area (TPSA) is 231 Å². The average Bonchev–Trinajstić information content (AvgIpc) is 2.03. The van der Waals surface area contributed by atoms with E-state index in [1.54, 1.807) is 72.8 Å². The largest absolute Gasteiger partial charge is 0.493 e. The van der Waals surface area contributed by atoms with Crippen molar-refractivity contribution in [3.63, 3.8) is 0 Å². The smallest absolute Gasteiger partial charge is 0.263 e. The van der Waals surface area contributed by atoms with Gasteiger partial charge in [0.25, 0.3) is 30.1 Å². The quantitative estimate of drug-likeness (QED) is 0.0608. The first-order valence-corrected chi connectivity index (χ1v) is 34.4. The van der Waals surface area contributed by atoms with Gasteiger partial charge in [0, 0.05) is 89.1 Å². The minimum atomic E-state index is -3.91. The molecule has 87 heavy (non-hydrogen) atoms. The van der Waals surface area contributed by atoms with E-state index in [4.69, 9.17) is 77.4 Å². The molecule has 6 aromatic rings. The summed E-state index contributed by atoms with van der Waals surface area (Å²) < 4.78 is 136. The van der Waals surface area contributed by atoms with E-state index in [0.717, 1.165) is 58.5 Å². The SMILES string of the molecule is COc1cc(Br)c(S(=O)(=O)Nc2ccc(Cl)c(O[C@@H]3CCN(C)C3)c2)cc1OC.COc1cc(Br)c(S(=O)(=O)Nc2ccc(Cl)c(O[C@@H]3CCN(C)C3)c2)cc1OC.COc1cc(Br)c(S(=O)(=O)Nc2ccc(Cl)c(O[C@@H]3CCN(C)C3)c2)cc1OC. The standard InChI is InChI=1S/3C19H22BrClN2O5S/c3*1-23-7-6-13(11-23)28-16-8-12(4-5-15(16)21)22-29(24,25)19-10-18(27-3)17(26-2)9-14(19)20/h3*4-5,8-10,13,22H,6-7,11H2,1-3H3/t3*13-/m111/s1. The Kier molecular flexibility index (Phi) is 24.5. The number of sulfonamides is 3. The third kappa shape index (κ3) is 18.3. The maximum atomic E-state index is 13.0. The highest BCUT2D eigenvalue weighted by molar-refractivity contribution is 9.11. The second kappa shape index (κ2) is 30.6. The molecule has 21 nitrogen and oxygen atoms in total. The van der Waals surface area contributed by atoms with E-state index in [1.807, 2.05) is 21.1 Å². The molecule has 3 heterocycles. The van der Waals surface area contributed by atoms with Crippen molar-refractivity contribution in [2.24, 2.45) is 0 Å². The second-order valence-corrected chi connectivity index (χ2v) is 28.8. The predicted molar refractivity (Wildman–Crippen MR) is 348 cm³/mol. The van der Waals surface area contributed by atoms with E-state index < -0.39 is 30.1 Å². The fourth-order valence-electron chi connectivity index (χ4n) is 9.24. The van der Waals surface area contributed by atoms with Crippen LogP contribution in [-0.2, 0) is 30.1 Å². The summed E-state index contributed by atoms with van der Waals surface area (Å²) in [6.07, 6.45) is 2.72. The zero-order valence-corrected chi connectivity index (χ0v) is 58.2.